The van der Waals surface area contributed by atoms with E-state index in [1.54, 1.807) is 14.2 Å². The number of ether oxygens (including phenoxy) is 2. The summed E-state index contributed by atoms with van der Waals surface area (Å²) in [5.41, 5.74) is 6.96. The smallest absolute Gasteiger partial charge is 0.161 e. The fourth-order valence-corrected chi connectivity index (χ4v) is 9.03. The monoisotopic (exact) mass is 585 g/mol. The second kappa shape index (κ2) is 10.7. The molecule has 1 aromatic heterocycles. The molecular formula is C35H43N3O3S. The Bertz CT molecular complexity index is 1560. The summed E-state index contributed by atoms with van der Waals surface area (Å²) in [6.45, 7) is 10.6. The predicted octanol–water partition coefficient (Wildman–Crippen LogP) is 8.22. The van der Waals surface area contributed by atoms with Gasteiger partial charge < -0.3 is 19.5 Å². The van der Waals surface area contributed by atoms with Crippen LogP contribution in [0.15, 0.2) is 47.5 Å². The Balaban J connectivity index is 1.23. The van der Waals surface area contributed by atoms with Crippen LogP contribution < -0.4 is 9.47 Å². The van der Waals surface area contributed by atoms with Crippen molar-refractivity contribution in [2.75, 3.05) is 27.3 Å². The Morgan fingerprint density at radius 3 is 2.62 bits per heavy atom. The lowest BCUT2D eigenvalue weighted by Gasteiger charge is -2.56. The van der Waals surface area contributed by atoms with Gasteiger partial charge in [0, 0.05) is 17.5 Å². The zero-order valence-electron chi connectivity index (χ0n) is 25.7. The van der Waals surface area contributed by atoms with Crippen molar-refractivity contribution >= 4 is 22.7 Å². The van der Waals surface area contributed by atoms with Crippen LogP contribution in [0.25, 0.3) is 16.8 Å². The van der Waals surface area contributed by atoms with Crippen molar-refractivity contribution in [2.24, 2.45) is 11.3 Å². The molecule has 3 aliphatic rings. The van der Waals surface area contributed by atoms with E-state index in [0.717, 1.165) is 30.6 Å². The van der Waals surface area contributed by atoms with Gasteiger partial charge in [-0.2, -0.15) is 0 Å². The van der Waals surface area contributed by atoms with E-state index >= 15 is 0 Å². The molecular weight excluding hydrogens is 542 g/mol. The van der Waals surface area contributed by atoms with Crippen molar-refractivity contribution in [3.05, 3.63) is 69.2 Å². The van der Waals surface area contributed by atoms with Gasteiger partial charge in [0.2, 0.25) is 0 Å². The van der Waals surface area contributed by atoms with Crippen molar-refractivity contribution in [3.63, 3.8) is 0 Å². The number of methoxy groups -OCH3 is 2. The fourth-order valence-electron chi connectivity index (χ4n) is 8.14. The minimum absolute atomic E-state index is 0.0527. The maximum Gasteiger partial charge on any atom is 0.161 e. The highest BCUT2D eigenvalue weighted by Crippen LogP contribution is 2.58. The van der Waals surface area contributed by atoms with Crippen LogP contribution in [-0.2, 0) is 11.8 Å². The van der Waals surface area contributed by atoms with E-state index in [1.165, 1.54) is 47.3 Å². The number of thiazole rings is 1. The molecule has 222 valence electrons. The van der Waals surface area contributed by atoms with E-state index in [1.807, 2.05) is 23.6 Å². The van der Waals surface area contributed by atoms with Crippen LogP contribution in [0.2, 0.25) is 0 Å². The van der Waals surface area contributed by atoms with Crippen LogP contribution in [0, 0.1) is 16.7 Å². The lowest BCUT2D eigenvalue weighted by Crippen LogP contribution is -2.53. The van der Waals surface area contributed by atoms with E-state index in [0.29, 0.717) is 46.3 Å². The number of aliphatic hydroxyl groups excluding tert-OH is 1. The highest BCUT2D eigenvalue weighted by Gasteiger charge is 2.52. The molecule has 7 heteroatoms. The molecule has 1 aliphatic heterocycles. The Morgan fingerprint density at radius 1 is 1.10 bits per heavy atom. The zero-order valence-corrected chi connectivity index (χ0v) is 26.5. The molecule has 1 saturated carbocycles. The highest BCUT2D eigenvalue weighted by atomic mass is 32.1. The summed E-state index contributed by atoms with van der Waals surface area (Å²) in [6.07, 6.45) is 5.84. The average Bonchev–Trinajstić information content (AvgIpc) is 3.55. The van der Waals surface area contributed by atoms with Gasteiger partial charge in [-0.3, -0.25) is 5.41 Å². The summed E-state index contributed by atoms with van der Waals surface area (Å²) in [5.74, 6) is 3.01. The van der Waals surface area contributed by atoms with Gasteiger partial charge in [-0.15, -0.1) is 11.3 Å². The third-order valence-corrected chi connectivity index (χ3v) is 11.2. The van der Waals surface area contributed by atoms with E-state index < -0.39 is 0 Å². The molecule has 0 amide bonds. The molecule has 0 bridgehead atoms. The summed E-state index contributed by atoms with van der Waals surface area (Å²) in [7, 11) is 3.24. The number of hydrogen-bond donors (Lipinski definition) is 2. The molecule has 6 rings (SSSR count). The average molecular weight is 586 g/mol. The van der Waals surface area contributed by atoms with E-state index in [-0.39, 0.29) is 16.6 Å². The van der Waals surface area contributed by atoms with Crippen LogP contribution >= 0.6 is 11.3 Å². The first-order chi connectivity index (χ1) is 20.1. The number of hydrogen-bond acceptors (Lipinski definition) is 6. The van der Waals surface area contributed by atoms with Gasteiger partial charge in [-0.25, -0.2) is 4.98 Å². The Morgan fingerprint density at radius 2 is 1.88 bits per heavy atom. The first-order valence-corrected chi connectivity index (χ1v) is 16.0. The minimum atomic E-state index is 0.0527. The van der Waals surface area contributed by atoms with Crippen LogP contribution in [0.3, 0.4) is 0 Å². The summed E-state index contributed by atoms with van der Waals surface area (Å²) in [6, 6.07) is 13.0. The van der Waals surface area contributed by atoms with Crippen molar-refractivity contribution in [1.29, 1.82) is 5.41 Å². The maximum absolute atomic E-state index is 11.1. The van der Waals surface area contributed by atoms with Crippen molar-refractivity contribution in [3.8, 4) is 22.8 Å². The molecule has 2 aromatic carbocycles. The molecule has 2 N–H and O–H groups in total. The Labute approximate surface area is 253 Å². The number of nitrogens with zero attached hydrogens (tertiary/aromatic N) is 2. The SMILES string of the molecule is COc1ccc(-c2csc(C3=C(O)CN(C[C@]4(C)CCC[C@]5(C)c6ccc(C(C)C)cc6CC[C@H]45)C3=N)n2)cc1OC. The molecule has 3 aromatic rings. The number of benzene rings is 2. The van der Waals surface area contributed by atoms with Gasteiger partial charge in [-0.05, 0) is 83.2 Å². The number of nitrogens with one attached hydrogen (secondary N) is 1. The largest absolute Gasteiger partial charge is 0.510 e. The molecule has 1 fully saturated rings. The first-order valence-electron chi connectivity index (χ1n) is 15.2. The topological polar surface area (TPSA) is 78.7 Å². The molecule has 2 aliphatic carbocycles. The number of aryl methyl sites for hydroxylation is 1. The van der Waals surface area contributed by atoms with Crippen molar-refractivity contribution in [2.45, 2.75) is 71.1 Å². The van der Waals surface area contributed by atoms with Gasteiger partial charge >= 0.3 is 0 Å². The Hall–Kier alpha value is -3.32. The molecule has 42 heavy (non-hydrogen) atoms. The summed E-state index contributed by atoms with van der Waals surface area (Å²) < 4.78 is 10.9. The van der Waals surface area contributed by atoms with E-state index in [4.69, 9.17) is 19.9 Å². The standard InChI is InChI=1S/C35H43N3O3S/c1-21(2)22-8-11-25-23(16-22)10-13-30-34(3,14-7-15-35(25,30)4)20-38-18-27(39)31(32(38)36)33-37-26(19-42-33)24-9-12-28(40-5)29(17-24)41-6/h8-9,11-12,16-17,19,21,30,36,39H,7,10,13-15,18,20H2,1-6H3/t30-,34+,35-/m1/s1. The van der Waals surface area contributed by atoms with Gasteiger partial charge in [0.25, 0.3) is 0 Å². The van der Waals surface area contributed by atoms with Gasteiger partial charge in [0.15, 0.2) is 11.5 Å². The number of fused-ring (bicyclic) bond motifs is 3. The van der Waals surface area contributed by atoms with Crippen molar-refractivity contribution < 1.29 is 14.6 Å². The third-order valence-electron chi connectivity index (χ3n) is 10.3. The van der Waals surface area contributed by atoms with Gasteiger partial charge in [-0.1, -0.05) is 52.3 Å². The predicted molar refractivity (Wildman–Crippen MR) is 171 cm³/mol. The van der Waals surface area contributed by atoms with Crippen LogP contribution in [0.4, 0.5) is 0 Å². The highest BCUT2D eigenvalue weighted by molar-refractivity contribution is 7.11. The summed E-state index contributed by atoms with van der Waals surface area (Å²) in [4.78, 5) is 6.94. The molecule has 0 radical (unpaired) electrons. The van der Waals surface area contributed by atoms with Crippen molar-refractivity contribution in [1.82, 2.24) is 9.88 Å². The summed E-state index contributed by atoms with van der Waals surface area (Å²) in [5, 5.41) is 23.0. The molecule has 0 saturated heterocycles. The van der Waals surface area contributed by atoms with Crippen LogP contribution in [0.1, 0.15) is 81.0 Å². The number of amidine groups is 1. The molecule has 0 unspecified atom stereocenters. The third kappa shape index (κ3) is 4.70. The molecule has 2 heterocycles. The van der Waals surface area contributed by atoms with Crippen LogP contribution in [-0.4, -0.2) is 48.1 Å². The Kier molecular flexibility index (Phi) is 7.37. The normalized spacial score (nSPS) is 25.5. The van der Waals surface area contributed by atoms with Crippen LogP contribution in [0.5, 0.6) is 11.5 Å². The van der Waals surface area contributed by atoms with E-state index in [9.17, 15) is 5.11 Å². The van der Waals surface area contributed by atoms with Gasteiger partial charge in [0.05, 0.1) is 32.0 Å². The first kappa shape index (κ1) is 28.8. The number of aliphatic hydroxyl groups is 1. The van der Waals surface area contributed by atoms with Gasteiger partial charge in [0.1, 0.15) is 16.6 Å². The number of rotatable bonds is 7. The lowest BCUT2D eigenvalue weighted by molar-refractivity contribution is 0.0108. The maximum atomic E-state index is 11.1. The fraction of sp³-hybridized carbons (Fsp3) is 0.486. The minimum Gasteiger partial charge on any atom is -0.510 e. The quantitative estimate of drug-likeness (QED) is 0.292. The number of aromatic nitrogens is 1. The van der Waals surface area contributed by atoms with E-state index in [2.05, 4.69) is 50.8 Å². The summed E-state index contributed by atoms with van der Waals surface area (Å²) >= 11 is 1.46. The lowest BCUT2D eigenvalue weighted by atomic mass is 9.49. The zero-order chi connectivity index (χ0) is 29.8. The molecule has 0 spiro atoms. The molecule has 6 nitrogen and oxygen atoms in total. The molecule has 3 atom stereocenters. The second-order valence-electron chi connectivity index (χ2n) is 13.2. The second-order valence-corrected chi connectivity index (χ2v) is 14.1.